The number of carbonyl (C=O) groups is 1. The first-order valence-corrected chi connectivity index (χ1v) is 13.4. The average Bonchev–Trinajstić information content (AvgIpc) is 2.91. The molecule has 2 aromatic carbocycles. The van der Waals surface area contributed by atoms with Gasteiger partial charge in [-0.1, -0.05) is 24.3 Å². The molecule has 2 aliphatic rings. The van der Waals surface area contributed by atoms with Gasteiger partial charge in [-0.15, -0.1) is 0 Å². The van der Waals surface area contributed by atoms with E-state index in [9.17, 15) is 4.79 Å². The summed E-state index contributed by atoms with van der Waals surface area (Å²) in [6, 6.07) is 14.9. The fourth-order valence-electron chi connectivity index (χ4n) is 5.47. The number of para-hydroxylation sites is 1. The molecule has 0 spiro atoms. The van der Waals surface area contributed by atoms with E-state index in [-0.39, 0.29) is 5.91 Å². The molecule has 0 unspecified atom stereocenters. The Balaban J connectivity index is 1.22. The number of hydrogen-bond donors (Lipinski definition) is 0. The number of rotatable bonds is 5. The van der Waals surface area contributed by atoms with Gasteiger partial charge in [0, 0.05) is 82.0 Å². The van der Waals surface area contributed by atoms with E-state index in [1.54, 1.807) is 6.20 Å². The van der Waals surface area contributed by atoms with E-state index in [2.05, 4.69) is 81.8 Å². The van der Waals surface area contributed by atoms with Crippen LogP contribution in [-0.4, -0.2) is 78.0 Å². The molecule has 7 heteroatoms. The van der Waals surface area contributed by atoms with Gasteiger partial charge in [-0.25, -0.2) is 9.97 Å². The summed E-state index contributed by atoms with van der Waals surface area (Å²) in [4.78, 5) is 31.7. The standard InChI is InChI=1S/C30H38N6O/c1-22-7-5-6-8-28(22)34-13-11-33(12-14-34)21-26-20-27(24(3)19-23(26)2)29(37)35-15-17-36(18-16-35)30-31-10-9-25(4)32-30/h5-10,19-20H,11-18,21H2,1-4H3. The van der Waals surface area contributed by atoms with Crippen molar-refractivity contribution in [3.05, 3.63) is 82.2 Å². The first-order valence-electron chi connectivity index (χ1n) is 13.4. The van der Waals surface area contributed by atoms with Gasteiger partial charge >= 0.3 is 0 Å². The second kappa shape index (κ2) is 10.9. The molecule has 5 rings (SSSR count). The van der Waals surface area contributed by atoms with Crippen LogP contribution in [0.1, 0.15) is 38.3 Å². The topological polar surface area (TPSA) is 55.8 Å². The van der Waals surface area contributed by atoms with Gasteiger partial charge in [0.25, 0.3) is 5.91 Å². The summed E-state index contributed by atoms with van der Waals surface area (Å²) >= 11 is 0. The van der Waals surface area contributed by atoms with Crippen LogP contribution < -0.4 is 9.80 Å². The molecule has 0 bridgehead atoms. The highest BCUT2D eigenvalue weighted by molar-refractivity contribution is 5.96. The van der Waals surface area contributed by atoms with Crippen molar-refractivity contribution in [3.8, 4) is 0 Å². The summed E-state index contributed by atoms with van der Waals surface area (Å²) in [7, 11) is 0. The van der Waals surface area contributed by atoms with Gasteiger partial charge in [0.05, 0.1) is 0 Å². The number of benzene rings is 2. The minimum Gasteiger partial charge on any atom is -0.369 e. The molecule has 2 aliphatic heterocycles. The fraction of sp³-hybridized carbons (Fsp3) is 0.433. The van der Waals surface area contributed by atoms with E-state index in [4.69, 9.17) is 0 Å². The highest BCUT2D eigenvalue weighted by Gasteiger charge is 2.26. The molecule has 2 saturated heterocycles. The number of amides is 1. The van der Waals surface area contributed by atoms with Crippen LogP contribution >= 0.6 is 0 Å². The average molecular weight is 499 g/mol. The third-order valence-electron chi connectivity index (χ3n) is 7.77. The van der Waals surface area contributed by atoms with Crippen molar-refractivity contribution < 1.29 is 4.79 Å². The Labute approximate surface area is 220 Å². The Morgan fingerprint density at radius 1 is 0.784 bits per heavy atom. The first-order chi connectivity index (χ1) is 17.9. The van der Waals surface area contributed by atoms with Crippen molar-refractivity contribution in [3.63, 3.8) is 0 Å². The van der Waals surface area contributed by atoms with E-state index in [1.165, 1.54) is 22.4 Å². The van der Waals surface area contributed by atoms with Crippen molar-refractivity contribution in [2.24, 2.45) is 0 Å². The van der Waals surface area contributed by atoms with Crippen LogP contribution in [0, 0.1) is 27.7 Å². The van der Waals surface area contributed by atoms with Crippen LogP contribution in [0.15, 0.2) is 48.7 Å². The van der Waals surface area contributed by atoms with Crippen LogP contribution in [-0.2, 0) is 6.54 Å². The van der Waals surface area contributed by atoms with Crippen LogP contribution in [0.2, 0.25) is 0 Å². The van der Waals surface area contributed by atoms with Gasteiger partial charge in [0.15, 0.2) is 0 Å². The molecule has 3 aromatic rings. The maximum Gasteiger partial charge on any atom is 0.254 e. The number of hydrogen-bond acceptors (Lipinski definition) is 6. The van der Waals surface area contributed by atoms with Gasteiger partial charge in [-0.3, -0.25) is 9.69 Å². The highest BCUT2D eigenvalue weighted by Crippen LogP contribution is 2.24. The fourth-order valence-corrected chi connectivity index (χ4v) is 5.47. The van der Waals surface area contributed by atoms with Crippen molar-refractivity contribution in [2.45, 2.75) is 34.2 Å². The first kappa shape index (κ1) is 25.2. The molecule has 0 saturated carbocycles. The third-order valence-corrected chi connectivity index (χ3v) is 7.77. The summed E-state index contributed by atoms with van der Waals surface area (Å²) in [6.07, 6.45) is 1.80. The van der Waals surface area contributed by atoms with Crippen molar-refractivity contribution >= 4 is 17.5 Å². The molecule has 37 heavy (non-hydrogen) atoms. The number of aromatic nitrogens is 2. The minimum absolute atomic E-state index is 0.132. The molecule has 0 atom stereocenters. The SMILES string of the molecule is Cc1ccnc(N2CCN(C(=O)c3cc(CN4CCN(c5ccccc5C)CC4)c(C)cc3C)CC2)n1. The van der Waals surface area contributed by atoms with E-state index in [0.29, 0.717) is 13.1 Å². The zero-order valence-electron chi connectivity index (χ0n) is 22.6. The van der Waals surface area contributed by atoms with Gasteiger partial charge < -0.3 is 14.7 Å². The molecule has 7 nitrogen and oxygen atoms in total. The molecule has 0 radical (unpaired) electrons. The number of anilines is 2. The van der Waals surface area contributed by atoms with Gasteiger partial charge in [-0.2, -0.15) is 0 Å². The molecule has 0 aliphatic carbocycles. The second-order valence-corrected chi connectivity index (χ2v) is 10.4. The van der Waals surface area contributed by atoms with Gasteiger partial charge in [0.1, 0.15) is 0 Å². The van der Waals surface area contributed by atoms with Gasteiger partial charge in [-0.05, 0) is 68.1 Å². The summed E-state index contributed by atoms with van der Waals surface area (Å²) in [6.45, 7) is 16.2. The third kappa shape index (κ3) is 5.62. The maximum absolute atomic E-state index is 13.6. The van der Waals surface area contributed by atoms with E-state index < -0.39 is 0 Å². The molecule has 0 N–H and O–H groups in total. The maximum atomic E-state index is 13.6. The van der Waals surface area contributed by atoms with Crippen LogP contribution in [0.25, 0.3) is 0 Å². The Morgan fingerprint density at radius 2 is 1.49 bits per heavy atom. The molecule has 2 fully saturated rings. The predicted molar refractivity (Wildman–Crippen MR) is 149 cm³/mol. The Kier molecular flexibility index (Phi) is 7.42. The molecule has 194 valence electrons. The van der Waals surface area contributed by atoms with Crippen LogP contribution in [0.5, 0.6) is 0 Å². The summed E-state index contributed by atoms with van der Waals surface area (Å²) in [5, 5.41) is 0. The number of nitrogens with zero attached hydrogens (tertiary/aromatic N) is 6. The van der Waals surface area contributed by atoms with Crippen molar-refractivity contribution in [1.82, 2.24) is 19.8 Å². The van der Waals surface area contributed by atoms with Crippen molar-refractivity contribution in [1.29, 1.82) is 0 Å². The Bertz CT molecular complexity index is 1260. The number of aryl methyl sites for hydroxylation is 4. The van der Waals surface area contributed by atoms with Crippen LogP contribution in [0.4, 0.5) is 11.6 Å². The highest BCUT2D eigenvalue weighted by atomic mass is 16.2. The minimum atomic E-state index is 0.132. The Hall–Kier alpha value is -3.45. The zero-order chi connectivity index (χ0) is 25.9. The lowest BCUT2D eigenvalue weighted by Gasteiger charge is -2.37. The second-order valence-electron chi connectivity index (χ2n) is 10.4. The summed E-state index contributed by atoms with van der Waals surface area (Å²) in [5.74, 6) is 0.886. The molecular weight excluding hydrogens is 460 g/mol. The Morgan fingerprint density at radius 3 is 2.19 bits per heavy atom. The summed E-state index contributed by atoms with van der Waals surface area (Å²) < 4.78 is 0. The van der Waals surface area contributed by atoms with E-state index >= 15 is 0 Å². The van der Waals surface area contributed by atoms with E-state index in [1.807, 2.05) is 17.9 Å². The smallest absolute Gasteiger partial charge is 0.254 e. The monoisotopic (exact) mass is 498 g/mol. The van der Waals surface area contributed by atoms with Crippen molar-refractivity contribution in [2.75, 3.05) is 62.2 Å². The molecule has 3 heterocycles. The largest absolute Gasteiger partial charge is 0.369 e. The summed E-state index contributed by atoms with van der Waals surface area (Å²) in [5.41, 5.74) is 8.04. The molecule has 1 amide bonds. The molecule has 1 aromatic heterocycles. The lowest BCUT2D eigenvalue weighted by atomic mass is 9.98. The predicted octanol–water partition coefficient (Wildman–Crippen LogP) is 3.99. The van der Waals surface area contributed by atoms with Gasteiger partial charge in [0.2, 0.25) is 5.95 Å². The number of carbonyl (C=O) groups excluding carboxylic acids is 1. The van der Waals surface area contributed by atoms with E-state index in [0.717, 1.165) is 68.6 Å². The quantitative estimate of drug-likeness (QED) is 0.530. The lowest BCUT2D eigenvalue weighted by Crippen LogP contribution is -2.49. The van der Waals surface area contributed by atoms with Crippen LogP contribution in [0.3, 0.4) is 0 Å². The zero-order valence-corrected chi connectivity index (χ0v) is 22.6. The lowest BCUT2D eigenvalue weighted by molar-refractivity contribution is 0.0745. The normalized spacial score (nSPS) is 16.8. The number of piperazine rings is 2. The molecular formula is C30H38N6O.